The molecule has 3 nitrogen and oxygen atoms in total. The molecular weight excluding hydrogens is 363 g/mol. The Morgan fingerprint density at radius 3 is 2.43 bits per heavy atom. The molecule has 0 bridgehead atoms. The number of carbonyl (C=O) groups is 2. The lowest BCUT2D eigenvalue weighted by atomic mass is 10.1. The van der Waals surface area contributed by atoms with Crippen molar-refractivity contribution in [3.63, 3.8) is 0 Å². The summed E-state index contributed by atoms with van der Waals surface area (Å²) in [6.45, 7) is -0.409. The number of rotatable bonds is 4. The van der Waals surface area contributed by atoms with Crippen LogP contribution in [0.1, 0.15) is 20.7 Å². The van der Waals surface area contributed by atoms with Crippen LogP contribution in [0.3, 0.4) is 0 Å². The third-order valence-electron chi connectivity index (χ3n) is 2.65. The molecule has 0 fully saturated rings. The average Bonchev–Trinajstić information content (AvgIpc) is 2.45. The average molecular weight is 372 g/mol. The molecule has 0 spiro atoms. The smallest absolute Gasteiger partial charge is 0.340 e. The third kappa shape index (κ3) is 4.12. The Hall–Kier alpha value is -1.72. The zero-order valence-corrected chi connectivity index (χ0v) is 12.9. The molecule has 0 saturated heterocycles. The van der Waals surface area contributed by atoms with Crippen LogP contribution in [0, 0.1) is 5.82 Å². The Balaban J connectivity index is 2.00. The van der Waals surface area contributed by atoms with Gasteiger partial charge in [0.1, 0.15) is 5.82 Å². The first-order chi connectivity index (χ1) is 9.97. The lowest BCUT2D eigenvalue weighted by molar-refractivity contribution is 0.0475. The molecule has 0 atom stereocenters. The zero-order valence-electron chi connectivity index (χ0n) is 10.6. The van der Waals surface area contributed by atoms with Crippen LogP contribution in [0.15, 0.2) is 46.9 Å². The Kier molecular flexibility index (Phi) is 5.09. The molecule has 0 aliphatic rings. The molecule has 2 rings (SSSR count). The molecule has 21 heavy (non-hydrogen) atoms. The summed E-state index contributed by atoms with van der Waals surface area (Å²) in [5.74, 6) is -1.66. The molecule has 0 radical (unpaired) electrons. The minimum atomic E-state index is -0.773. The highest BCUT2D eigenvalue weighted by Crippen LogP contribution is 2.18. The molecule has 0 N–H and O–H groups in total. The van der Waals surface area contributed by atoms with Crippen molar-refractivity contribution in [1.29, 1.82) is 0 Å². The maximum atomic E-state index is 12.9. The van der Waals surface area contributed by atoms with Gasteiger partial charge in [-0.1, -0.05) is 39.7 Å². The summed E-state index contributed by atoms with van der Waals surface area (Å²) in [7, 11) is 0. The van der Waals surface area contributed by atoms with Crippen LogP contribution in [0.5, 0.6) is 0 Å². The highest BCUT2D eigenvalue weighted by Gasteiger charge is 2.15. The molecule has 6 heteroatoms. The van der Waals surface area contributed by atoms with Crippen molar-refractivity contribution in [2.24, 2.45) is 0 Å². The van der Waals surface area contributed by atoms with Gasteiger partial charge in [0.15, 0.2) is 12.4 Å². The first-order valence-electron chi connectivity index (χ1n) is 5.88. The Morgan fingerprint density at radius 1 is 1.14 bits per heavy atom. The van der Waals surface area contributed by atoms with Crippen LogP contribution in [0.4, 0.5) is 4.39 Å². The van der Waals surface area contributed by atoms with Gasteiger partial charge in [0.25, 0.3) is 0 Å². The molecule has 108 valence electrons. The number of benzene rings is 2. The van der Waals surface area contributed by atoms with E-state index in [0.29, 0.717) is 5.56 Å². The predicted molar refractivity (Wildman–Crippen MR) is 80.2 cm³/mol. The van der Waals surface area contributed by atoms with Gasteiger partial charge in [-0.05, 0) is 30.3 Å². The summed E-state index contributed by atoms with van der Waals surface area (Å²) >= 11 is 9.00. The summed E-state index contributed by atoms with van der Waals surface area (Å²) in [6, 6.07) is 9.98. The van der Waals surface area contributed by atoms with Crippen molar-refractivity contribution in [2.75, 3.05) is 6.61 Å². The maximum Gasteiger partial charge on any atom is 0.340 e. The van der Waals surface area contributed by atoms with E-state index in [-0.39, 0.29) is 16.4 Å². The molecule has 2 aromatic carbocycles. The highest BCUT2D eigenvalue weighted by atomic mass is 79.9. The van der Waals surface area contributed by atoms with Crippen LogP contribution in [-0.4, -0.2) is 18.4 Å². The van der Waals surface area contributed by atoms with Gasteiger partial charge >= 0.3 is 5.97 Å². The van der Waals surface area contributed by atoms with E-state index >= 15 is 0 Å². The van der Waals surface area contributed by atoms with Crippen LogP contribution in [0.2, 0.25) is 5.02 Å². The van der Waals surface area contributed by atoms with Crippen LogP contribution < -0.4 is 0 Å². The van der Waals surface area contributed by atoms with Gasteiger partial charge in [0.2, 0.25) is 0 Å². The number of ketones is 1. The standard InChI is InChI=1S/C15H9BrClFO3/c16-10-3-1-9(2-4-10)14(19)8-21-15(20)12-6-5-11(18)7-13(12)17/h1-7H,8H2. The van der Waals surface area contributed by atoms with Gasteiger partial charge in [-0.15, -0.1) is 0 Å². The minimum absolute atomic E-state index is 0.0154. The molecule has 0 unspecified atom stereocenters. The van der Waals surface area contributed by atoms with E-state index in [1.807, 2.05) is 0 Å². The fourth-order valence-electron chi connectivity index (χ4n) is 1.58. The van der Waals surface area contributed by atoms with Crippen LogP contribution in [0.25, 0.3) is 0 Å². The quantitative estimate of drug-likeness (QED) is 0.595. The van der Waals surface area contributed by atoms with Crippen molar-refractivity contribution < 1.29 is 18.7 Å². The summed E-state index contributed by atoms with van der Waals surface area (Å²) in [5.41, 5.74) is 0.442. The van der Waals surface area contributed by atoms with Gasteiger partial charge < -0.3 is 4.74 Å². The van der Waals surface area contributed by atoms with E-state index in [9.17, 15) is 14.0 Å². The molecular formula is C15H9BrClFO3. The minimum Gasteiger partial charge on any atom is -0.454 e. The SMILES string of the molecule is O=C(COC(=O)c1ccc(F)cc1Cl)c1ccc(Br)cc1. The van der Waals surface area contributed by atoms with Crippen molar-refractivity contribution in [2.45, 2.75) is 0 Å². The molecule has 0 aliphatic heterocycles. The molecule has 0 saturated carbocycles. The highest BCUT2D eigenvalue weighted by molar-refractivity contribution is 9.10. The number of hydrogen-bond acceptors (Lipinski definition) is 3. The number of Topliss-reactive ketones (excluding diaryl/α,β-unsaturated/α-hetero) is 1. The Labute approximate surface area is 133 Å². The summed E-state index contributed by atoms with van der Waals surface area (Å²) in [6.07, 6.45) is 0. The number of halogens is 3. The molecule has 2 aromatic rings. The first-order valence-corrected chi connectivity index (χ1v) is 7.05. The van der Waals surface area contributed by atoms with E-state index < -0.39 is 18.4 Å². The van der Waals surface area contributed by atoms with Crippen molar-refractivity contribution >= 4 is 39.3 Å². The summed E-state index contributed by atoms with van der Waals surface area (Å²) in [4.78, 5) is 23.6. The molecule has 0 heterocycles. The monoisotopic (exact) mass is 370 g/mol. The van der Waals surface area contributed by atoms with Gasteiger partial charge in [0, 0.05) is 10.0 Å². The summed E-state index contributed by atoms with van der Waals surface area (Å²) in [5, 5.41) is -0.0592. The van der Waals surface area contributed by atoms with Crippen molar-refractivity contribution in [1.82, 2.24) is 0 Å². The van der Waals surface area contributed by atoms with E-state index in [1.54, 1.807) is 24.3 Å². The van der Waals surface area contributed by atoms with Crippen LogP contribution >= 0.6 is 27.5 Å². The Morgan fingerprint density at radius 2 is 1.81 bits per heavy atom. The number of carbonyl (C=O) groups excluding carboxylic acids is 2. The molecule has 0 aromatic heterocycles. The third-order valence-corrected chi connectivity index (χ3v) is 3.49. The van der Waals surface area contributed by atoms with E-state index in [4.69, 9.17) is 16.3 Å². The fourth-order valence-corrected chi connectivity index (χ4v) is 2.09. The second-order valence-electron chi connectivity index (χ2n) is 4.13. The van der Waals surface area contributed by atoms with E-state index in [2.05, 4.69) is 15.9 Å². The fraction of sp³-hybridized carbons (Fsp3) is 0.0667. The predicted octanol–water partition coefficient (Wildman–Crippen LogP) is 4.28. The second-order valence-corrected chi connectivity index (χ2v) is 5.45. The number of esters is 1. The second kappa shape index (κ2) is 6.83. The Bertz CT molecular complexity index is 686. The molecule has 0 amide bonds. The number of hydrogen-bond donors (Lipinski definition) is 0. The van der Waals surface area contributed by atoms with Crippen LogP contribution in [-0.2, 0) is 4.74 Å². The van der Waals surface area contributed by atoms with Crippen molar-refractivity contribution in [3.05, 3.63) is 68.9 Å². The topological polar surface area (TPSA) is 43.4 Å². The molecule has 0 aliphatic carbocycles. The van der Waals surface area contributed by atoms with Gasteiger partial charge in [-0.25, -0.2) is 9.18 Å². The lowest BCUT2D eigenvalue weighted by Gasteiger charge is -2.06. The van der Waals surface area contributed by atoms with Crippen molar-refractivity contribution in [3.8, 4) is 0 Å². The van der Waals surface area contributed by atoms with Gasteiger partial charge in [-0.3, -0.25) is 4.79 Å². The zero-order chi connectivity index (χ0) is 15.4. The number of ether oxygens (including phenoxy) is 1. The maximum absolute atomic E-state index is 12.9. The largest absolute Gasteiger partial charge is 0.454 e. The first kappa shape index (κ1) is 15.7. The normalized spacial score (nSPS) is 10.2. The van der Waals surface area contributed by atoms with Gasteiger partial charge in [0.05, 0.1) is 10.6 Å². The lowest BCUT2D eigenvalue weighted by Crippen LogP contribution is -2.14. The summed E-state index contributed by atoms with van der Waals surface area (Å²) < 4.78 is 18.6. The van der Waals surface area contributed by atoms with Gasteiger partial charge in [-0.2, -0.15) is 0 Å². The van der Waals surface area contributed by atoms with E-state index in [1.165, 1.54) is 6.07 Å². The van der Waals surface area contributed by atoms with E-state index in [0.717, 1.165) is 16.6 Å².